The zero-order valence-electron chi connectivity index (χ0n) is 18.0. The number of hydrogen-bond donors (Lipinski definition) is 3. The Morgan fingerprint density at radius 2 is 2.03 bits per heavy atom. The van der Waals surface area contributed by atoms with E-state index in [1.54, 1.807) is 4.90 Å². The molecule has 31 heavy (non-hydrogen) atoms. The number of benzene rings is 1. The first-order chi connectivity index (χ1) is 14.8. The molecule has 0 radical (unpaired) electrons. The van der Waals surface area contributed by atoms with Gasteiger partial charge in [0.25, 0.3) is 11.5 Å². The fourth-order valence-electron chi connectivity index (χ4n) is 4.68. The molecule has 2 aromatic heterocycles. The Kier molecular flexibility index (Phi) is 4.77. The molecule has 5 rings (SSSR count). The van der Waals surface area contributed by atoms with E-state index in [0.717, 1.165) is 48.0 Å². The average Bonchev–Trinajstić information content (AvgIpc) is 3.41. The lowest BCUT2D eigenvalue weighted by Gasteiger charge is -2.35. The molecule has 1 aliphatic carbocycles. The van der Waals surface area contributed by atoms with Crippen LogP contribution in [0.4, 0.5) is 0 Å². The van der Waals surface area contributed by atoms with E-state index in [-0.39, 0.29) is 17.4 Å². The second-order valence-electron chi connectivity index (χ2n) is 9.52. The standard InChI is InChI=1S/C23H29N5O3/c1-23(2,31)21(30)27-11-5-6-14(13-27)12-16-19(15-9-10-15)26-28(20(16)29)22-24-17-7-3-4-8-18(17)25-22/h3-4,7-8,14-15,26,31H,5-6,9-13H2,1-2H3,(H,24,25). The van der Waals surface area contributed by atoms with Gasteiger partial charge >= 0.3 is 0 Å². The van der Waals surface area contributed by atoms with E-state index >= 15 is 0 Å². The van der Waals surface area contributed by atoms with Crippen LogP contribution in [0, 0.1) is 5.92 Å². The highest BCUT2D eigenvalue weighted by Gasteiger charge is 2.35. The minimum atomic E-state index is -1.37. The van der Waals surface area contributed by atoms with Crippen LogP contribution in [0.25, 0.3) is 17.0 Å². The van der Waals surface area contributed by atoms with Gasteiger partial charge in [0.05, 0.1) is 11.0 Å². The summed E-state index contributed by atoms with van der Waals surface area (Å²) < 4.78 is 1.53. The lowest BCUT2D eigenvalue weighted by atomic mass is 9.90. The number of likely N-dealkylation sites (tertiary alicyclic amines) is 1. The summed E-state index contributed by atoms with van der Waals surface area (Å²) in [6.45, 7) is 4.29. The SMILES string of the molecule is CC(C)(O)C(=O)N1CCCC(Cc2c(C3CC3)[nH]n(-c3nc4ccccc4[nH]3)c2=O)C1. The van der Waals surface area contributed by atoms with Gasteiger partial charge in [0.1, 0.15) is 5.60 Å². The Balaban J connectivity index is 1.44. The van der Waals surface area contributed by atoms with Gasteiger partial charge in [0, 0.05) is 30.3 Å². The summed E-state index contributed by atoms with van der Waals surface area (Å²) in [6.07, 6.45) is 4.65. The molecule has 1 saturated heterocycles. The third kappa shape index (κ3) is 3.80. The molecule has 1 amide bonds. The van der Waals surface area contributed by atoms with E-state index in [1.807, 2.05) is 24.3 Å². The summed E-state index contributed by atoms with van der Waals surface area (Å²) in [5, 5.41) is 13.4. The first-order valence-electron chi connectivity index (χ1n) is 11.1. The van der Waals surface area contributed by atoms with Crippen molar-refractivity contribution in [2.75, 3.05) is 13.1 Å². The third-order valence-electron chi connectivity index (χ3n) is 6.42. The van der Waals surface area contributed by atoms with Crippen molar-refractivity contribution in [3.8, 4) is 5.95 Å². The molecule has 8 nitrogen and oxygen atoms in total. The summed E-state index contributed by atoms with van der Waals surface area (Å²) >= 11 is 0. The van der Waals surface area contributed by atoms with Crippen molar-refractivity contribution in [1.82, 2.24) is 24.6 Å². The molecule has 1 aliphatic heterocycles. The second kappa shape index (κ2) is 7.37. The molecule has 1 unspecified atom stereocenters. The lowest BCUT2D eigenvalue weighted by Crippen LogP contribution is -2.49. The molecule has 0 bridgehead atoms. The van der Waals surface area contributed by atoms with Gasteiger partial charge in [-0.2, -0.15) is 4.68 Å². The van der Waals surface area contributed by atoms with E-state index in [1.165, 1.54) is 18.5 Å². The largest absolute Gasteiger partial charge is 0.381 e. The van der Waals surface area contributed by atoms with E-state index < -0.39 is 5.60 Å². The van der Waals surface area contributed by atoms with Crippen LogP contribution in [0.2, 0.25) is 0 Å². The van der Waals surface area contributed by atoms with Crippen LogP contribution in [-0.4, -0.2) is 54.4 Å². The molecule has 3 heterocycles. The van der Waals surface area contributed by atoms with Crippen LogP contribution in [0.15, 0.2) is 29.1 Å². The number of fused-ring (bicyclic) bond motifs is 1. The minimum Gasteiger partial charge on any atom is -0.381 e. The highest BCUT2D eigenvalue weighted by atomic mass is 16.3. The Morgan fingerprint density at radius 1 is 1.26 bits per heavy atom. The number of amides is 1. The van der Waals surface area contributed by atoms with Gasteiger partial charge in [-0.3, -0.25) is 14.7 Å². The summed E-state index contributed by atoms with van der Waals surface area (Å²) in [4.78, 5) is 35.5. The predicted octanol–water partition coefficient (Wildman–Crippen LogP) is 2.47. The van der Waals surface area contributed by atoms with Gasteiger partial charge in [0.2, 0.25) is 5.95 Å². The number of hydrogen-bond acceptors (Lipinski definition) is 4. The summed E-state index contributed by atoms with van der Waals surface area (Å²) in [5.74, 6) is 0.853. The maximum Gasteiger partial charge on any atom is 0.277 e. The highest BCUT2D eigenvalue weighted by Crippen LogP contribution is 2.41. The molecular formula is C23H29N5O3. The van der Waals surface area contributed by atoms with Crippen molar-refractivity contribution < 1.29 is 9.90 Å². The number of H-pyrrole nitrogens is 2. The maximum absolute atomic E-state index is 13.4. The Morgan fingerprint density at radius 3 is 2.74 bits per heavy atom. The number of piperidine rings is 1. The first kappa shape index (κ1) is 20.1. The number of aromatic amines is 2. The van der Waals surface area contributed by atoms with Crippen molar-refractivity contribution in [2.24, 2.45) is 5.92 Å². The van der Waals surface area contributed by atoms with Crippen LogP contribution in [0.1, 0.15) is 56.7 Å². The lowest BCUT2D eigenvalue weighted by molar-refractivity contribution is -0.149. The molecule has 3 aromatic rings. The molecule has 0 spiro atoms. The fraction of sp³-hybridized carbons (Fsp3) is 0.522. The zero-order valence-corrected chi connectivity index (χ0v) is 18.0. The molecule has 1 atom stereocenters. The molecule has 2 aliphatic rings. The Bertz CT molecular complexity index is 1140. The molecule has 1 saturated carbocycles. The normalized spacial score (nSPS) is 19.8. The number of imidazole rings is 1. The number of carbonyl (C=O) groups excluding carboxylic acids is 1. The van der Waals surface area contributed by atoms with Crippen molar-refractivity contribution in [2.45, 2.75) is 57.5 Å². The number of carbonyl (C=O) groups is 1. The minimum absolute atomic E-state index is 0.0631. The van der Waals surface area contributed by atoms with Gasteiger partial charge in [-0.25, -0.2) is 4.98 Å². The van der Waals surface area contributed by atoms with E-state index in [9.17, 15) is 14.7 Å². The van der Waals surface area contributed by atoms with Crippen molar-refractivity contribution in [3.63, 3.8) is 0 Å². The summed E-state index contributed by atoms with van der Waals surface area (Å²) in [6, 6.07) is 7.73. The van der Waals surface area contributed by atoms with Crippen LogP contribution in [-0.2, 0) is 11.2 Å². The number of para-hydroxylation sites is 2. The number of nitrogens with zero attached hydrogens (tertiary/aromatic N) is 3. The van der Waals surface area contributed by atoms with Gasteiger partial charge < -0.3 is 15.0 Å². The molecule has 1 aromatic carbocycles. The van der Waals surface area contributed by atoms with E-state index in [2.05, 4.69) is 15.1 Å². The zero-order chi connectivity index (χ0) is 21.8. The van der Waals surface area contributed by atoms with Crippen molar-refractivity contribution in [1.29, 1.82) is 0 Å². The maximum atomic E-state index is 13.4. The summed E-state index contributed by atoms with van der Waals surface area (Å²) in [5.41, 5.74) is 2.10. The van der Waals surface area contributed by atoms with Crippen LogP contribution in [0.3, 0.4) is 0 Å². The van der Waals surface area contributed by atoms with Gasteiger partial charge in [-0.15, -0.1) is 0 Å². The molecule has 3 N–H and O–H groups in total. The van der Waals surface area contributed by atoms with E-state index in [0.29, 0.717) is 31.4 Å². The monoisotopic (exact) mass is 423 g/mol. The third-order valence-corrected chi connectivity index (χ3v) is 6.42. The van der Waals surface area contributed by atoms with Crippen molar-refractivity contribution in [3.05, 3.63) is 45.9 Å². The van der Waals surface area contributed by atoms with Gasteiger partial charge in [0.15, 0.2) is 0 Å². The first-order valence-corrected chi connectivity index (χ1v) is 11.1. The molecule has 8 heteroatoms. The van der Waals surface area contributed by atoms with E-state index in [4.69, 9.17) is 0 Å². The van der Waals surface area contributed by atoms with Crippen LogP contribution in [0.5, 0.6) is 0 Å². The van der Waals surface area contributed by atoms with Crippen LogP contribution >= 0.6 is 0 Å². The Labute approximate surface area is 180 Å². The number of aliphatic hydroxyl groups is 1. The van der Waals surface area contributed by atoms with Gasteiger partial charge in [-0.1, -0.05) is 12.1 Å². The quantitative estimate of drug-likeness (QED) is 0.586. The molecule has 164 valence electrons. The van der Waals surface area contributed by atoms with Crippen LogP contribution < -0.4 is 5.56 Å². The molecular weight excluding hydrogens is 394 g/mol. The fourth-order valence-corrected chi connectivity index (χ4v) is 4.68. The van der Waals surface area contributed by atoms with Crippen molar-refractivity contribution >= 4 is 16.9 Å². The topological polar surface area (TPSA) is 107 Å². The average molecular weight is 424 g/mol. The highest BCUT2D eigenvalue weighted by molar-refractivity contribution is 5.84. The number of rotatable bonds is 5. The van der Waals surface area contributed by atoms with Gasteiger partial charge in [-0.05, 0) is 64.0 Å². The molecule has 2 fully saturated rings. The Hall–Kier alpha value is -2.87. The smallest absolute Gasteiger partial charge is 0.277 e. The number of aromatic nitrogens is 4. The predicted molar refractivity (Wildman–Crippen MR) is 117 cm³/mol. The number of nitrogens with one attached hydrogen (secondary N) is 2. The second-order valence-corrected chi connectivity index (χ2v) is 9.52. The summed E-state index contributed by atoms with van der Waals surface area (Å²) in [7, 11) is 0.